The Morgan fingerprint density at radius 1 is 1.12 bits per heavy atom. The normalized spacial score (nSPS) is 11.2. The van der Waals surface area contributed by atoms with Crippen LogP contribution in [0.4, 0.5) is 5.82 Å². The van der Waals surface area contributed by atoms with Crippen LogP contribution in [0.1, 0.15) is 5.56 Å². The minimum absolute atomic E-state index is 0.0436. The fourth-order valence-electron chi connectivity index (χ4n) is 2.87. The van der Waals surface area contributed by atoms with Crippen molar-refractivity contribution in [2.75, 3.05) is 25.1 Å². The van der Waals surface area contributed by atoms with Crippen LogP contribution in [0.2, 0.25) is 0 Å². The zero-order valence-electron chi connectivity index (χ0n) is 17.8. The number of pyridine rings is 1. The number of amides is 1. The highest BCUT2D eigenvalue weighted by atomic mass is 79.9. The van der Waals surface area contributed by atoms with Gasteiger partial charge in [-0.05, 0) is 57.9 Å². The standard InChI is InChI=1S/C22H21BrN4O5S/c1-31-19-13-16(12-18(23)22(19)32-2)14-25-26-21(28)15-27(20-10-6-7-11-24-20)33(29,30)17-8-4-3-5-9-17/h3-14H,15H2,1-2H3,(H,26,28)/b25-14+. The number of benzene rings is 2. The third-order valence-corrected chi connectivity index (χ3v) is 6.74. The summed E-state index contributed by atoms with van der Waals surface area (Å²) in [4.78, 5) is 16.7. The minimum Gasteiger partial charge on any atom is -0.493 e. The molecule has 0 aliphatic heterocycles. The van der Waals surface area contributed by atoms with Crippen molar-refractivity contribution in [3.8, 4) is 11.5 Å². The summed E-state index contributed by atoms with van der Waals surface area (Å²) >= 11 is 3.39. The van der Waals surface area contributed by atoms with Crippen LogP contribution in [0.5, 0.6) is 11.5 Å². The second-order valence-electron chi connectivity index (χ2n) is 6.54. The molecule has 9 nitrogen and oxygen atoms in total. The number of rotatable bonds is 9. The lowest BCUT2D eigenvalue weighted by atomic mass is 10.2. The zero-order valence-corrected chi connectivity index (χ0v) is 20.2. The molecular weight excluding hydrogens is 512 g/mol. The fraction of sp³-hybridized carbons (Fsp3) is 0.136. The molecular formula is C22H21BrN4O5S. The summed E-state index contributed by atoms with van der Waals surface area (Å²) in [6, 6.07) is 16.0. The SMILES string of the molecule is COc1cc(/C=N/NC(=O)CN(c2ccccn2)S(=O)(=O)c2ccccc2)cc(Br)c1OC. The van der Waals surface area contributed by atoms with E-state index >= 15 is 0 Å². The summed E-state index contributed by atoms with van der Waals surface area (Å²) in [6.07, 6.45) is 2.86. The summed E-state index contributed by atoms with van der Waals surface area (Å²) in [7, 11) is -1.000. The Morgan fingerprint density at radius 2 is 1.85 bits per heavy atom. The molecule has 11 heteroatoms. The first-order chi connectivity index (χ1) is 15.9. The number of halogens is 1. The van der Waals surface area contributed by atoms with E-state index in [0.29, 0.717) is 21.5 Å². The Kier molecular flexibility index (Phi) is 8.01. The molecule has 0 radical (unpaired) electrons. The van der Waals surface area contributed by atoms with Gasteiger partial charge in [0, 0.05) is 6.20 Å². The molecule has 0 atom stereocenters. The number of nitrogens with one attached hydrogen (secondary N) is 1. The topological polar surface area (TPSA) is 110 Å². The van der Waals surface area contributed by atoms with E-state index in [4.69, 9.17) is 9.47 Å². The van der Waals surface area contributed by atoms with Gasteiger partial charge in [-0.3, -0.25) is 4.79 Å². The van der Waals surface area contributed by atoms with E-state index < -0.39 is 22.5 Å². The number of carbonyl (C=O) groups is 1. The first kappa shape index (κ1) is 24.2. The number of hydrogen-bond acceptors (Lipinski definition) is 7. The molecule has 172 valence electrons. The van der Waals surface area contributed by atoms with Gasteiger partial charge in [-0.2, -0.15) is 5.10 Å². The quantitative estimate of drug-likeness (QED) is 0.334. The largest absolute Gasteiger partial charge is 0.493 e. The molecule has 0 spiro atoms. The average Bonchev–Trinajstić information content (AvgIpc) is 2.83. The monoisotopic (exact) mass is 532 g/mol. The van der Waals surface area contributed by atoms with Crippen molar-refractivity contribution in [2.24, 2.45) is 5.10 Å². The van der Waals surface area contributed by atoms with Gasteiger partial charge in [0.2, 0.25) is 0 Å². The average molecular weight is 533 g/mol. The molecule has 0 aliphatic carbocycles. The van der Waals surface area contributed by atoms with Crippen molar-refractivity contribution in [1.29, 1.82) is 0 Å². The first-order valence-corrected chi connectivity index (χ1v) is 11.8. The van der Waals surface area contributed by atoms with E-state index in [2.05, 4.69) is 31.4 Å². The van der Waals surface area contributed by atoms with Crippen LogP contribution in [-0.4, -0.2) is 46.3 Å². The van der Waals surface area contributed by atoms with Crippen molar-refractivity contribution in [1.82, 2.24) is 10.4 Å². The molecule has 0 unspecified atom stereocenters. The van der Waals surface area contributed by atoms with E-state index in [9.17, 15) is 13.2 Å². The summed E-state index contributed by atoms with van der Waals surface area (Å²) in [5.41, 5.74) is 2.97. The van der Waals surface area contributed by atoms with Gasteiger partial charge in [-0.15, -0.1) is 0 Å². The molecule has 0 saturated carbocycles. The number of carbonyl (C=O) groups excluding carboxylic acids is 1. The Labute approximate surface area is 200 Å². The van der Waals surface area contributed by atoms with E-state index in [1.165, 1.54) is 44.8 Å². The maximum atomic E-state index is 13.2. The van der Waals surface area contributed by atoms with Crippen LogP contribution in [0.15, 0.2) is 81.3 Å². The number of sulfonamides is 1. The summed E-state index contributed by atoms with van der Waals surface area (Å²) < 4.78 is 38.5. The van der Waals surface area contributed by atoms with E-state index in [1.807, 2.05) is 0 Å². The number of anilines is 1. The highest BCUT2D eigenvalue weighted by Crippen LogP contribution is 2.35. The van der Waals surface area contributed by atoms with Gasteiger partial charge in [0.05, 0.1) is 29.8 Å². The molecule has 3 rings (SSSR count). The Balaban J connectivity index is 1.79. The molecule has 1 amide bonds. The smallest absolute Gasteiger partial charge is 0.265 e. The molecule has 2 aromatic carbocycles. The molecule has 0 fully saturated rings. The Bertz CT molecular complexity index is 1240. The molecule has 0 saturated heterocycles. The third-order valence-electron chi connectivity index (χ3n) is 4.38. The molecule has 1 aromatic heterocycles. The number of hydrazone groups is 1. The number of methoxy groups -OCH3 is 2. The molecule has 3 aromatic rings. The van der Waals surface area contributed by atoms with E-state index in [0.717, 1.165) is 4.31 Å². The van der Waals surface area contributed by atoms with Gasteiger partial charge >= 0.3 is 0 Å². The fourth-order valence-corrected chi connectivity index (χ4v) is 4.89. The minimum atomic E-state index is -4.03. The Morgan fingerprint density at radius 3 is 2.48 bits per heavy atom. The number of ether oxygens (including phenoxy) is 2. The van der Waals surface area contributed by atoms with E-state index in [1.54, 1.807) is 42.5 Å². The third kappa shape index (κ3) is 5.88. The van der Waals surface area contributed by atoms with Crippen molar-refractivity contribution in [2.45, 2.75) is 4.90 Å². The van der Waals surface area contributed by atoms with Gasteiger partial charge in [-0.1, -0.05) is 24.3 Å². The second-order valence-corrected chi connectivity index (χ2v) is 9.26. The first-order valence-electron chi connectivity index (χ1n) is 9.59. The van der Waals surface area contributed by atoms with Crippen LogP contribution in [-0.2, 0) is 14.8 Å². The number of nitrogens with zero attached hydrogens (tertiary/aromatic N) is 3. The predicted molar refractivity (Wildman–Crippen MR) is 128 cm³/mol. The lowest BCUT2D eigenvalue weighted by Crippen LogP contribution is -2.40. The molecule has 33 heavy (non-hydrogen) atoms. The van der Waals surface area contributed by atoms with Crippen LogP contribution >= 0.6 is 15.9 Å². The lowest BCUT2D eigenvalue weighted by molar-refractivity contribution is -0.119. The van der Waals surface area contributed by atoms with Gasteiger partial charge in [0.1, 0.15) is 12.4 Å². The summed E-state index contributed by atoms with van der Waals surface area (Å²) in [6.45, 7) is -0.513. The van der Waals surface area contributed by atoms with Crippen molar-refractivity contribution in [3.05, 3.63) is 76.9 Å². The highest BCUT2D eigenvalue weighted by molar-refractivity contribution is 9.10. The van der Waals surface area contributed by atoms with Gasteiger partial charge in [-0.25, -0.2) is 23.1 Å². The number of hydrogen-bond donors (Lipinski definition) is 1. The maximum absolute atomic E-state index is 13.2. The maximum Gasteiger partial charge on any atom is 0.265 e. The van der Waals surface area contributed by atoms with Crippen LogP contribution in [0.3, 0.4) is 0 Å². The second kappa shape index (κ2) is 10.9. The zero-order chi connectivity index (χ0) is 23.8. The molecule has 0 aliphatic rings. The predicted octanol–water partition coefficient (Wildman–Crippen LogP) is 3.21. The van der Waals surface area contributed by atoms with Crippen LogP contribution < -0.4 is 19.2 Å². The lowest BCUT2D eigenvalue weighted by Gasteiger charge is -2.22. The van der Waals surface area contributed by atoms with Crippen LogP contribution in [0.25, 0.3) is 0 Å². The van der Waals surface area contributed by atoms with Gasteiger partial charge in [0.25, 0.3) is 15.9 Å². The van der Waals surface area contributed by atoms with Crippen molar-refractivity contribution < 1.29 is 22.7 Å². The van der Waals surface area contributed by atoms with Crippen molar-refractivity contribution >= 4 is 43.9 Å². The molecule has 1 heterocycles. The summed E-state index contributed by atoms with van der Waals surface area (Å²) in [5.74, 6) is 0.478. The Hall–Kier alpha value is -3.44. The molecule has 1 N–H and O–H groups in total. The summed E-state index contributed by atoms with van der Waals surface area (Å²) in [5, 5.41) is 3.93. The highest BCUT2D eigenvalue weighted by Gasteiger charge is 2.27. The number of aromatic nitrogens is 1. The molecule has 0 bridgehead atoms. The van der Waals surface area contributed by atoms with Crippen molar-refractivity contribution in [3.63, 3.8) is 0 Å². The van der Waals surface area contributed by atoms with E-state index in [-0.39, 0.29) is 10.7 Å². The van der Waals surface area contributed by atoms with Crippen LogP contribution in [0, 0.1) is 0 Å². The van der Waals surface area contributed by atoms with Gasteiger partial charge < -0.3 is 9.47 Å². The van der Waals surface area contributed by atoms with Gasteiger partial charge in [0.15, 0.2) is 11.5 Å².